The van der Waals surface area contributed by atoms with E-state index in [-0.39, 0.29) is 17.0 Å². The second-order valence-corrected chi connectivity index (χ2v) is 9.77. The number of amides is 1. The fraction of sp³-hybridized carbons (Fsp3) is 0.350. The van der Waals surface area contributed by atoms with Gasteiger partial charge in [0.2, 0.25) is 16.0 Å². The Morgan fingerprint density at radius 1 is 1.35 bits per heavy atom. The summed E-state index contributed by atoms with van der Waals surface area (Å²) < 4.78 is 79.9. The minimum atomic E-state index is -4.28. The summed E-state index contributed by atoms with van der Waals surface area (Å²) in [6, 6.07) is 4.25. The number of nitrogens with zero attached hydrogens (tertiary/aromatic N) is 3. The van der Waals surface area contributed by atoms with Gasteiger partial charge in [-0.2, -0.15) is 0 Å². The predicted molar refractivity (Wildman–Crippen MR) is 115 cm³/mol. The van der Waals surface area contributed by atoms with Crippen molar-refractivity contribution < 1.29 is 35.9 Å². The molecule has 0 aliphatic carbocycles. The number of alkyl halides is 1. The summed E-state index contributed by atoms with van der Waals surface area (Å²) in [7, 11) is -1.82. The lowest BCUT2D eigenvalue weighted by Gasteiger charge is -2.39. The second kappa shape index (κ2) is 8.43. The van der Waals surface area contributed by atoms with E-state index in [0.29, 0.717) is 4.31 Å². The number of rotatable bonds is 5. The highest BCUT2D eigenvalue weighted by atomic mass is 32.2. The minimum Gasteiger partial charge on any atom is -0.495 e. The standard InChI is InChI=1S/C20H20F3N5O5S/c1-28-19(24)27-20(9-33-15(7-21)17(20)34(28,30)31)12-5-10(3-4-13(12)22)26-18(29)16-14(23)6-11(32-2)8-25-16/h3-6,8,15,17H,7,9H2,1-2H3,(H2,24,27)(H,26,29). The molecule has 2 aliphatic rings. The Hall–Kier alpha value is -3.39. The number of aromatic nitrogens is 1. The summed E-state index contributed by atoms with van der Waals surface area (Å²) in [6.07, 6.45) is -0.273. The quantitative estimate of drug-likeness (QED) is 0.630. The zero-order valence-corrected chi connectivity index (χ0v) is 18.8. The molecule has 1 aromatic heterocycles. The van der Waals surface area contributed by atoms with E-state index in [1.165, 1.54) is 13.2 Å². The predicted octanol–water partition coefficient (Wildman–Crippen LogP) is 1.14. The van der Waals surface area contributed by atoms with Crippen molar-refractivity contribution in [3.05, 3.63) is 53.4 Å². The molecular weight excluding hydrogens is 479 g/mol. The highest BCUT2D eigenvalue weighted by molar-refractivity contribution is 7.90. The first kappa shape index (κ1) is 23.8. The molecule has 3 atom stereocenters. The Labute approximate surface area is 192 Å². The largest absolute Gasteiger partial charge is 0.495 e. The smallest absolute Gasteiger partial charge is 0.277 e. The van der Waals surface area contributed by atoms with Gasteiger partial charge in [0.15, 0.2) is 11.5 Å². The van der Waals surface area contributed by atoms with E-state index in [1.54, 1.807) is 0 Å². The molecule has 1 aromatic carbocycles. The Bertz CT molecular complexity index is 1290. The van der Waals surface area contributed by atoms with Gasteiger partial charge in [0.25, 0.3) is 5.91 Å². The lowest BCUT2D eigenvalue weighted by Crippen LogP contribution is -2.59. The van der Waals surface area contributed by atoms with E-state index in [4.69, 9.17) is 15.2 Å². The topological polar surface area (TPSA) is 136 Å². The van der Waals surface area contributed by atoms with Gasteiger partial charge in [0, 0.05) is 24.4 Å². The van der Waals surface area contributed by atoms with Crippen molar-refractivity contribution in [2.45, 2.75) is 16.9 Å². The third-order valence-corrected chi connectivity index (χ3v) is 8.06. The van der Waals surface area contributed by atoms with Gasteiger partial charge >= 0.3 is 0 Å². The number of nitrogens with one attached hydrogen (secondary N) is 1. The molecule has 2 aromatic rings. The number of hydrogen-bond acceptors (Lipinski definition) is 8. The number of guanidine groups is 1. The van der Waals surface area contributed by atoms with Crippen LogP contribution in [0.2, 0.25) is 0 Å². The number of pyridine rings is 1. The number of aliphatic imine (C=N–C) groups is 1. The van der Waals surface area contributed by atoms with Crippen LogP contribution in [0.25, 0.3) is 0 Å². The van der Waals surface area contributed by atoms with Gasteiger partial charge in [0.05, 0.1) is 19.9 Å². The lowest BCUT2D eigenvalue weighted by molar-refractivity contribution is 0.0847. The van der Waals surface area contributed by atoms with Gasteiger partial charge in [-0.15, -0.1) is 0 Å². The molecule has 3 unspecified atom stereocenters. The third kappa shape index (κ3) is 3.62. The first-order valence-corrected chi connectivity index (χ1v) is 11.4. The average molecular weight is 499 g/mol. The van der Waals surface area contributed by atoms with E-state index in [2.05, 4.69) is 15.3 Å². The van der Waals surface area contributed by atoms with Crippen molar-refractivity contribution in [3.63, 3.8) is 0 Å². The van der Waals surface area contributed by atoms with Gasteiger partial charge in [-0.3, -0.25) is 4.79 Å². The summed E-state index contributed by atoms with van der Waals surface area (Å²) in [4.78, 5) is 20.5. The molecule has 1 amide bonds. The van der Waals surface area contributed by atoms with Crippen LogP contribution in [-0.4, -0.2) is 68.4 Å². The summed E-state index contributed by atoms with van der Waals surface area (Å²) >= 11 is 0. The van der Waals surface area contributed by atoms with Gasteiger partial charge in [-0.05, 0) is 18.2 Å². The van der Waals surface area contributed by atoms with E-state index in [1.807, 2.05) is 0 Å². The first-order chi connectivity index (χ1) is 16.0. The maximum absolute atomic E-state index is 15.0. The Morgan fingerprint density at radius 3 is 2.74 bits per heavy atom. The Kier molecular flexibility index (Phi) is 5.89. The maximum atomic E-state index is 15.0. The SMILES string of the molecule is COc1cnc(C(=O)Nc2ccc(F)c(C34COC(CF)C3S(=O)(=O)N(C)C(N)=N4)c2)c(F)c1. The number of methoxy groups -OCH3 is 1. The van der Waals surface area contributed by atoms with Gasteiger partial charge in [-0.25, -0.2) is 35.9 Å². The van der Waals surface area contributed by atoms with Crippen LogP contribution in [0.5, 0.6) is 5.75 Å². The third-order valence-electron chi connectivity index (χ3n) is 5.77. The van der Waals surface area contributed by atoms with E-state index in [9.17, 15) is 22.0 Å². The van der Waals surface area contributed by atoms with Crippen LogP contribution in [0.4, 0.5) is 18.9 Å². The number of fused-ring (bicyclic) bond motifs is 1. The van der Waals surface area contributed by atoms with Crippen molar-refractivity contribution >= 4 is 27.6 Å². The number of hydrogen-bond donors (Lipinski definition) is 2. The number of nitrogens with two attached hydrogens (primary N) is 1. The summed E-state index contributed by atoms with van der Waals surface area (Å²) in [5.74, 6) is -3.11. The number of halogens is 3. The van der Waals surface area contributed by atoms with Crippen LogP contribution in [0.15, 0.2) is 35.5 Å². The molecular formula is C20H20F3N5O5S. The van der Waals surface area contributed by atoms with Crippen molar-refractivity contribution in [1.29, 1.82) is 0 Å². The highest BCUT2D eigenvalue weighted by Gasteiger charge is 2.62. The van der Waals surface area contributed by atoms with Crippen molar-refractivity contribution in [2.75, 3.05) is 32.8 Å². The van der Waals surface area contributed by atoms with Crippen LogP contribution in [-0.2, 0) is 20.3 Å². The number of benzene rings is 1. The normalized spacial score (nSPS) is 25.4. The molecule has 0 saturated carbocycles. The monoisotopic (exact) mass is 499 g/mol. The average Bonchev–Trinajstić information content (AvgIpc) is 3.19. The minimum absolute atomic E-state index is 0.0136. The summed E-state index contributed by atoms with van der Waals surface area (Å²) in [5.41, 5.74) is 3.05. The van der Waals surface area contributed by atoms with Crippen molar-refractivity contribution in [3.8, 4) is 5.75 Å². The van der Waals surface area contributed by atoms with Crippen LogP contribution in [0, 0.1) is 11.6 Å². The Morgan fingerprint density at radius 2 is 2.09 bits per heavy atom. The van der Waals surface area contributed by atoms with E-state index < -0.39 is 69.4 Å². The van der Waals surface area contributed by atoms with Crippen LogP contribution >= 0.6 is 0 Å². The van der Waals surface area contributed by atoms with Crippen molar-refractivity contribution in [2.24, 2.45) is 10.7 Å². The number of anilines is 1. The fourth-order valence-electron chi connectivity index (χ4n) is 4.06. The second-order valence-electron chi connectivity index (χ2n) is 7.69. The Balaban J connectivity index is 1.77. The lowest BCUT2D eigenvalue weighted by atomic mass is 9.86. The number of carbonyl (C=O) groups excluding carboxylic acids is 1. The molecule has 0 radical (unpaired) electrons. The molecule has 4 rings (SSSR count). The van der Waals surface area contributed by atoms with E-state index >= 15 is 4.39 Å². The fourth-order valence-corrected chi connectivity index (χ4v) is 5.98. The number of sulfonamides is 1. The van der Waals surface area contributed by atoms with Crippen LogP contribution < -0.4 is 15.8 Å². The number of ether oxygens (including phenoxy) is 2. The van der Waals surface area contributed by atoms with Crippen LogP contribution in [0.3, 0.4) is 0 Å². The molecule has 1 fully saturated rings. The van der Waals surface area contributed by atoms with Gasteiger partial charge in [0.1, 0.15) is 35.1 Å². The highest BCUT2D eigenvalue weighted by Crippen LogP contribution is 2.46. The summed E-state index contributed by atoms with van der Waals surface area (Å²) in [6.45, 7) is -1.63. The molecule has 3 heterocycles. The molecule has 3 N–H and O–H groups in total. The maximum Gasteiger partial charge on any atom is 0.277 e. The molecule has 0 bridgehead atoms. The van der Waals surface area contributed by atoms with Gasteiger partial charge < -0.3 is 20.5 Å². The molecule has 1 saturated heterocycles. The number of carbonyl (C=O) groups is 1. The van der Waals surface area contributed by atoms with Crippen LogP contribution in [0.1, 0.15) is 16.1 Å². The molecule has 34 heavy (non-hydrogen) atoms. The van der Waals surface area contributed by atoms with Crippen molar-refractivity contribution in [1.82, 2.24) is 9.29 Å². The molecule has 14 heteroatoms. The van der Waals surface area contributed by atoms with E-state index in [0.717, 1.165) is 31.4 Å². The molecule has 2 aliphatic heterocycles. The van der Waals surface area contributed by atoms with Gasteiger partial charge in [-0.1, -0.05) is 0 Å². The zero-order valence-electron chi connectivity index (χ0n) is 18.0. The molecule has 182 valence electrons. The molecule has 10 nitrogen and oxygen atoms in total. The first-order valence-electron chi connectivity index (χ1n) is 9.86. The molecule has 0 spiro atoms. The zero-order chi connectivity index (χ0) is 24.8. The summed E-state index contributed by atoms with van der Waals surface area (Å²) in [5, 5.41) is 0.774.